The third-order valence-electron chi connectivity index (χ3n) is 1.69. The van der Waals surface area contributed by atoms with Crippen LogP contribution in [0, 0.1) is 12.7 Å². The smallest absolute Gasteiger partial charge is 0.339 e. The maximum atomic E-state index is 13.3. The van der Waals surface area contributed by atoms with E-state index in [0.717, 1.165) is 0 Å². The van der Waals surface area contributed by atoms with Crippen LogP contribution in [0.2, 0.25) is 5.15 Å². The standard InChI is InChI=1S/C8H5ClFNO4/c1-2-5(10)3(7(12)13)4(8(14)15)6(9)11-2/h1H3,(H,12,13)(H,14,15). The van der Waals surface area contributed by atoms with Crippen LogP contribution in [0.5, 0.6) is 0 Å². The molecule has 1 heterocycles. The lowest BCUT2D eigenvalue weighted by atomic mass is 10.1. The highest BCUT2D eigenvalue weighted by Crippen LogP contribution is 2.22. The molecule has 0 fully saturated rings. The van der Waals surface area contributed by atoms with Crippen molar-refractivity contribution in [3.05, 3.63) is 27.8 Å². The van der Waals surface area contributed by atoms with Gasteiger partial charge in [-0.25, -0.2) is 19.0 Å². The third-order valence-corrected chi connectivity index (χ3v) is 1.96. The Hall–Kier alpha value is -1.69. The van der Waals surface area contributed by atoms with Crippen LogP contribution in [0.15, 0.2) is 0 Å². The van der Waals surface area contributed by atoms with E-state index >= 15 is 0 Å². The molecular weight excluding hydrogens is 229 g/mol. The second kappa shape index (κ2) is 3.82. The number of carboxylic acid groups (broad SMARTS) is 2. The van der Waals surface area contributed by atoms with Gasteiger partial charge in [0.05, 0.1) is 5.69 Å². The van der Waals surface area contributed by atoms with E-state index in [9.17, 15) is 14.0 Å². The molecule has 0 spiro atoms. The van der Waals surface area contributed by atoms with E-state index in [4.69, 9.17) is 21.8 Å². The summed E-state index contributed by atoms with van der Waals surface area (Å²) in [6, 6.07) is 0. The maximum absolute atomic E-state index is 13.3. The number of carboxylic acids is 2. The SMILES string of the molecule is Cc1nc(Cl)c(C(=O)O)c(C(=O)O)c1F. The fourth-order valence-electron chi connectivity index (χ4n) is 1.04. The van der Waals surface area contributed by atoms with Crippen molar-refractivity contribution in [2.45, 2.75) is 6.92 Å². The van der Waals surface area contributed by atoms with E-state index in [-0.39, 0.29) is 5.69 Å². The Kier molecular flexibility index (Phi) is 2.90. The number of hydrogen-bond acceptors (Lipinski definition) is 3. The minimum Gasteiger partial charge on any atom is -0.478 e. The number of aromatic nitrogens is 1. The van der Waals surface area contributed by atoms with E-state index in [1.807, 2.05) is 0 Å². The van der Waals surface area contributed by atoms with Gasteiger partial charge in [0.2, 0.25) is 0 Å². The van der Waals surface area contributed by atoms with Crippen LogP contribution in [0.3, 0.4) is 0 Å². The quantitative estimate of drug-likeness (QED) is 0.757. The Balaban J connectivity index is 3.69. The molecule has 1 rings (SSSR count). The van der Waals surface area contributed by atoms with E-state index in [1.165, 1.54) is 6.92 Å². The van der Waals surface area contributed by atoms with Crippen LogP contribution >= 0.6 is 11.6 Å². The average Bonchev–Trinajstić information content (AvgIpc) is 2.09. The highest BCUT2D eigenvalue weighted by molar-refractivity contribution is 6.33. The van der Waals surface area contributed by atoms with Gasteiger partial charge in [0, 0.05) is 0 Å². The Labute approximate surface area is 88.1 Å². The predicted molar refractivity (Wildman–Crippen MR) is 47.9 cm³/mol. The molecule has 7 heteroatoms. The normalized spacial score (nSPS) is 10.1. The van der Waals surface area contributed by atoms with Crippen molar-refractivity contribution in [2.24, 2.45) is 0 Å². The van der Waals surface area contributed by atoms with Crippen molar-refractivity contribution in [3.63, 3.8) is 0 Å². The van der Waals surface area contributed by atoms with Crippen molar-refractivity contribution in [1.29, 1.82) is 0 Å². The fourth-order valence-corrected chi connectivity index (χ4v) is 1.34. The minimum atomic E-state index is -1.70. The zero-order chi connectivity index (χ0) is 11.7. The van der Waals surface area contributed by atoms with Crippen molar-refractivity contribution in [2.75, 3.05) is 0 Å². The summed E-state index contributed by atoms with van der Waals surface area (Å²) >= 11 is 5.42. The first-order chi connectivity index (χ1) is 6.86. The predicted octanol–water partition coefficient (Wildman–Crippen LogP) is 1.58. The summed E-state index contributed by atoms with van der Waals surface area (Å²) < 4.78 is 13.3. The van der Waals surface area contributed by atoms with Crippen molar-refractivity contribution >= 4 is 23.5 Å². The molecule has 0 amide bonds. The summed E-state index contributed by atoms with van der Waals surface area (Å²) in [6.07, 6.45) is 0. The zero-order valence-corrected chi connectivity index (χ0v) is 8.17. The Bertz CT molecular complexity index is 460. The van der Waals surface area contributed by atoms with Gasteiger partial charge in [0.25, 0.3) is 0 Å². The van der Waals surface area contributed by atoms with Crippen LogP contribution in [0.4, 0.5) is 4.39 Å². The highest BCUT2D eigenvalue weighted by Gasteiger charge is 2.26. The topological polar surface area (TPSA) is 87.5 Å². The first kappa shape index (κ1) is 11.4. The number of halogens is 2. The van der Waals surface area contributed by atoms with Gasteiger partial charge in [-0.15, -0.1) is 0 Å². The molecule has 1 aromatic rings. The molecule has 0 saturated carbocycles. The number of pyridine rings is 1. The summed E-state index contributed by atoms with van der Waals surface area (Å²) in [5.41, 5.74) is -2.07. The molecule has 0 aliphatic heterocycles. The van der Waals surface area contributed by atoms with Gasteiger partial charge in [0.15, 0.2) is 5.82 Å². The number of carbonyl (C=O) groups is 2. The first-order valence-electron chi connectivity index (χ1n) is 3.68. The first-order valence-corrected chi connectivity index (χ1v) is 4.06. The molecule has 2 N–H and O–H groups in total. The number of aryl methyl sites for hydroxylation is 1. The fraction of sp³-hybridized carbons (Fsp3) is 0.125. The van der Waals surface area contributed by atoms with Gasteiger partial charge in [-0.3, -0.25) is 0 Å². The van der Waals surface area contributed by atoms with Crippen molar-refractivity contribution in [1.82, 2.24) is 4.98 Å². The van der Waals surface area contributed by atoms with Crippen LogP contribution < -0.4 is 0 Å². The lowest BCUT2D eigenvalue weighted by Crippen LogP contribution is -2.14. The maximum Gasteiger partial charge on any atom is 0.339 e. The van der Waals surface area contributed by atoms with E-state index in [0.29, 0.717) is 0 Å². The molecule has 0 aliphatic carbocycles. The number of rotatable bonds is 2. The monoisotopic (exact) mass is 233 g/mol. The lowest BCUT2D eigenvalue weighted by molar-refractivity contribution is 0.0646. The highest BCUT2D eigenvalue weighted by atomic mass is 35.5. The number of aromatic carboxylic acids is 2. The van der Waals surface area contributed by atoms with Crippen LogP contribution in [0.1, 0.15) is 26.4 Å². The van der Waals surface area contributed by atoms with Gasteiger partial charge in [0.1, 0.15) is 16.3 Å². The Morgan fingerprint density at radius 2 is 1.73 bits per heavy atom. The van der Waals surface area contributed by atoms with Gasteiger partial charge in [-0.2, -0.15) is 0 Å². The van der Waals surface area contributed by atoms with Gasteiger partial charge in [-0.1, -0.05) is 11.6 Å². The van der Waals surface area contributed by atoms with Gasteiger partial charge < -0.3 is 10.2 Å². The molecule has 0 saturated heterocycles. The summed E-state index contributed by atoms with van der Waals surface area (Å²) in [5, 5.41) is 16.8. The summed E-state index contributed by atoms with van der Waals surface area (Å²) in [7, 11) is 0. The van der Waals surface area contributed by atoms with Crippen LogP contribution in [-0.2, 0) is 0 Å². The van der Waals surface area contributed by atoms with E-state index in [2.05, 4.69) is 4.98 Å². The molecule has 0 aromatic carbocycles. The zero-order valence-electron chi connectivity index (χ0n) is 7.41. The molecule has 5 nitrogen and oxygen atoms in total. The van der Waals surface area contributed by atoms with Crippen LogP contribution in [-0.4, -0.2) is 27.1 Å². The molecule has 80 valence electrons. The second-order valence-electron chi connectivity index (χ2n) is 2.66. The van der Waals surface area contributed by atoms with Crippen molar-refractivity contribution in [3.8, 4) is 0 Å². The molecule has 0 aliphatic rings. The molecule has 0 unspecified atom stereocenters. The molecular formula is C8H5ClFNO4. The lowest BCUT2D eigenvalue weighted by Gasteiger charge is -2.06. The van der Waals surface area contributed by atoms with E-state index < -0.39 is 34.0 Å². The number of hydrogen-bond donors (Lipinski definition) is 2. The molecule has 15 heavy (non-hydrogen) atoms. The second-order valence-corrected chi connectivity index (χ2v) is 3.02. The van der Waals surface area contributed by atoms with Crippen molar-refractivity contribution < 1.29 is 24.2 Å². The molecule has 0 radical (unpaired) electrons. The Morgan fingerprint density at radius 1 is 1.27 bits per heavy atom. The summed E-state index contributed by atoms with van der Waals surface area (Å²) in [4.78, 5) is 24.7. The van der Waals surface area contributed by atoms with Crippen LogP contribution in [0.25, 0.3) is 0 Å². The molecule has 1 aromatic heterocycles. The third kappa shape index (κ3) is 1.89. The van der Waals surface area contributed by atoms with Gasteiger partial charge >= 0.3 is 11.9 Å². The largest absolute Gasteiger partial charge is 0.478 e. The summed E-state index contributed by atoms with van der Waals surface area (Å²) in [6.45, 7) is 1.19. The molecule has 0 bridgehead atoms. The summed E-state index contributed by atoms with van der Waals surface area (Å²) in [5.74, 6) is -4.52. The average molecular weight is 234 g/mol. The Morgan fingerprint density at radius 3 is 2.13 bits per heavy atom. The number of nitrogens with zero attached hydrogens (tertiary/aromatic N) is 1. The van der Waals surface area contributed by atoms with Gasteiger partial charge in [-0.05, 0) is 6.92 Å². The molecule has 0 atom stereocenters. The van der Waals surface area contributed by atoms with E-state index in [1.54, 1.807) is 0 Å². The minimum absolute atomic E-state index is 0.262.